The van der Waals surface area contributed by atoms with Crippen molar-refractivity contribution in [3.63, 3.8) is 0 Å². The van der Waals surface area contributed by atoms with Gasteiger partial charge in [-0.1, -0.05) is 30.3 Å². The van der Waals surface area contributed by atoms with E-state index in [4.69, 9.17) is 10.7 Å². The van der Waals surface area contributed by atoms with Crippen molar-refractivity contribution < 1.29 is 4.79 Å². The second-order valence-corrected chi connectivity index (χ2v) is 6.61. The molecule has 4 rings (SSSR count). The SMILES string of the molecule is Cc1cc2nc(-c3ccccc3)cc(N3CCCC(C(N)=O)C3)n2n1. The monoisotopic (exact) mass is 335 g/mol. The maximum absolute atomic E-state index is 11.6. The molecule has 6 heteroatoms. The lowest BCUT2D eigenvalue weighted by atomic mass is 9.97. The Kier molecular flexibility index (Phi) is 3.87. The molecule has 1 aliphatic heterocycles. The average Bonchev–Trinajstić information content (AvgIpc) is 3.01. The van der Waals surface area contributed by atoms with E-state index in [1.54, 1.807) is 0 Å². The molecule has 3 aromatic rings. The van der Waals surface area contributed by atoms with E-state index in [-0.39, 0.29) is 11.8 Å². The van der Waals surface area contributed by atoms with Gasteiger partial charge in [-0.25, -0.2) is 4.98 Å². The molecule has 1 aromatic carbocycles. The predicted octanol–water partition coefficient (Wildman–Crippen LogP) is 2.41. The van der Waals surface area contributed by atoms with E-state index in [0.29, 0.717) is 6.54 Å². The highest BCUT2D eigenvalue weighted by molar-refractivity contribution is 5.78. The fraction of sp³-hybridized carbons (Fsp3) is 0.316. The number of amides is 1. The molecular formula is C19H21N5O. The van der Waals surface area contributed by atoms with E-state index in [2.05, 4.69) is 16.1 Å². The van der Waals surface area contributed by atoms with Gasteiger partial charge < -0.3 is 10.6 Å². The number of primary amides is 1. The van der Waals surface area contributed by atoms with Crippen LogP contribution in [0.25, 0.3) is 16.9 Å². The third-order valence-corrected chi connectivity index (χ3v) is 4.75. The third kappa shape index (κ3) is 2.95. The highest BCUT2D eigenvalue weighted by Gasteiger charge is 2.26. The van der Waals surface area contributed by atoms with E-state index >= 15 is 0 Å². The number of nitrogens with zero attached hydrogens (tertiary/aromatic N) is 4. The minimum atomic E-state index is -0.227. The second kappa shape index (κ2) is 6.20. The van der Waals surface area contributed by atoms with Gasteiger partial charge in [-0.2, -0.15) is 9.61 Å². The van der Waals surface area contributed by atoms with Crippen LogP contribution in [-0.2, 0) is 4.79 Å². The molecule has 1 atom stereocenters. The van der Waals surface area contributed by atoms with Gasteiger partial charge in [0.25, 0.3) is 0 Å². The third-order valence-electron chi connectivity index (χ3n) is 4.75. The molecule has 1 amide bonds. The van der Waals surface area contributed by atoms with Crippen molar-refractivity contribution in [3.05, 3.63) is 48.2 Å². The van der Waals surface area contributed by atoms with Crippen molar-refractivity contribution in [2.75, 3.05) is 18.0 Å². The Labute approximate surface area is 146 Å². The zero-order chi connectivity index (χ0) is 17.4. The zero-order valence-corrected chi connectivity index (χ0v) is 14.2. The summed E-state index contributed by atoms with van der Waals surface area (Å²) in [5.74, 6) is 0.617. The lowest BCUT2D eigenvalue weighted by molar-refractivity contribution is -0.122. The Morgan fingerprint density at radius 3 is 2.80 bits per heavy atom. The smallest absolute Gasteiger partial charge is 0.222 e. The number of benzene rings is 1. The van der Waals surface area contributed by atoms with Gasteiger partial charge in [-0.05, 0) is 19.8 Å². The Morgan fingerprint density at radius 1 is 1.24 bits per heavy atom. The molecule has 0 bridgehead atoms. The minimum absolute atomic E-state index is 0.117. The molecule has 25 heavy (non-hydrogen) atoms. The largest absolute Gasteiger partial charge is 0.369 e. The Morgan fingerprint density at radius 2 is 2.04 bits per heavy atom. The molecule has 1 unspecified atom stereocenters. The topological polar surface area (TPSA) is 76.5 Å². The van der Waals surface area contributed by atoms with E-state index in [9.17, 15) is 4.79 Å². The summed E-state index contributed by atoms with van der Waals surface area (Å²) < 4.78 is 1.87. The van der Waals surface area contributed by atoms with Crippen LogP contribution >= 0.6 is 0 Å². The van der Waals surface area contributed by atoms with E-state index in [0.717, 1.165) is 47.8 Å². The fourth-order valence-electron chi connectivity index (χ4n) is 3.47. The maximum Gasteiger partial charge on any atom is 0.222 e. The van der Waals surface area contributed by atoms with Gasteiger partial charge >= 0.3 is 0 Å². The number of piperidine rings is 1. The number of aryl methyl sites for hydroxylation is 1. The molecule has 1 fully saturated rings. The molecule has 0 spiro atoms. The lowest BCUT2D eigenvalue weighted by Crippen LogP contribution is -2.42. The van der Waals surface area contributed by atoms with Gasteiger partial charge in [0, 0.05) is 30.8 Å². The molecule has 0 radical (unpaired) electrons. The molecule has 2 aromatic heterocycles. The fourth-order valence-corrected chi connectivity index (χ4v) is 3.47. The highest BCUT2D eigenvalue weighted by Crippen LogP contribution is 2.28. The molecule has 1 aliphatic rings. The van der Waals surface area contributed by atoms with Gasteiger partial charge in [-0.3, -0.25) is 4.79 Å². The summed E-state index contributed by atoms with van der Waals surface area (Å²) in [6.45, 7) is 3.47. The Balaban J connectivity index is 1.82. The number of nitrogens with two attached hydrogens (primary N) is 1. The van der Waals surface area contributed by atoms with Crippen molar-refractivity contribution in [2.24, 2.45) is 11.7 Å². The summed E-state index contributed by atoms with van der Waals surface area (Å²) >= 11 is 0. The number of anilines is 1. The molecule has 2 N–H and O–H groups in total. The minimum Gasteiger partial charge on any atom is -0.369 e. The van der Waals surface area contributed by atoms with Crippen molar-refractivity contribution in [1.82, 2.24) is 14.6 Å². The number of carbonyl (C=O) groups excluding carboxylic acids is 1. The number of carbonyl (C=O) groups is 1. The van der Waals surface area contributed by atoms with Gasteiger partial charge in [-0.15, -0.1) is 0 Å². The summed E-state index contributed by atoms with van der Waals surface area (Å²) in [4.78, 5) is 18.6. The van der Waals surface area contributed by atoms with Crippen LogP contribution < -0.4 is 10.6 Å². The van der Waals surface area contributed by atoms with Crippen LogP contribution in [0.5, 0.6) is 0 Å². The van der Waals surface area contributed by atoms with Crippen molar-refractivity contribution in [3.8, 4) is 11.3 Å². The standard InChI is InChI=1S/C19H21N5O/c1-13-10-17-21-16(14-6-3-2-4-7-14)11-18(24(17)22-13)23-9-5-8-15(12-23)19(20)25/h2-4,6-7,10-11,15H,5,8-9,12H2,1H3,(H2,20,25). The van der Waals surface area contributed by atoms with Crippen molar-refractivity contribution in [1.29, 1.82) is 0 Å². The van der Waals surface area contributed by atoms with Gasteiger partial charge in [0.2, 0.25) is 5.91 Å². The number of aromatic nitrogens is 3. The first-order chi connectivity index (χ1) is 12.1. The van der Waals surface area contributed by atoms with Gasteiger partial charge in [0.1, 0.15) is 5.82 Å². The van der Waals surface area contributed by atoms with Crippen LogP contribution in [-0.4, -0.2) is 33.6 Å². The number of rotatable bonds is 3. The molecule has 3 heterocycles. The van der Waals surface area contributed by atoms with Crippen LogP contribution in [0, 0.1) is 12.8 Å². The molecular weight excluding hydrogens is 314 g/mol. The second-order valence-electron chi connectivity index (χ2n) is 6.61. The van der Waals surface area contributed by atoms with Crippen LogP contribution in [0.15, 0.2) is 42.5 Å². The van der Waals surface area contributed by atoms with E-state index in [1.807, 2.05) is 47.8 Å². The zero-order valence-electron chi connectivity index (χ0n) is 14.2. The quantitative estimate of drug-likeness (QED) is 0.797. The first-order valence-electron chi connectivity index (χ1n) is 8.59. The molecule has 6 nitrogen and oxygen atoms in total. The highest BCUT2D eigenvalue weighted by atomic mass is 16.1. The predicted molar refractivity (Wildman–Crippen MR) is 97.3 cm³/mol. The molecule has 0 saturated carbocycles. The Hall–Kier alpha value is -2.89. The van der Waals surface area contributed by atoms with Crippen molar-refractivity contribution in [2.45, 2.75) is 19.8 Å². The van der Waals surface area contributed by atoms with Crippen LogP contribution in [0.3, 0.4) is 0 Å². The molecule has 128 valence electrons. The van der Waals surface area contributed by atoms with Crippen LogP contribution in [0.1, 0.15) is 18.5 Å². The summed E-state index contributed by atoms with van der Waals surface area (Å²) in [7, 11) is 0. The number of hydrogen-bond donors (Lipinski definition) is 1. The average molecular weight is 335 g/mol. The van der Waals surface area contributed by atoms with Crippen LogP contribution in [0.4, 0.5) is 5.82 Å². The van der Waals surface area contributed by atoms with E-state index < -0.39 is 0 Å². The Bertz CT molecular complexity index is 918. The molecule has 0 aliphatic carbocycles. The van der Waals surface area contributed by atoms with E-state index in [1.165, 1.54) is 0 Å². The molecule has 1 saturated heterocycles. The first kappa shape index (κ1) is 15.6. The van der Waals surface area contributed by atoms with Gasteiger partial charge in [0.05, 0.1) is 17.3 Å². The maximum atomic E-state index is 11.6. The summed E-state index contributed by atoms with van der Waals surface area (Å²) in [5, 5.41) is 4.59. The lowest BCUT2D eigenvalue weighted by Gasteiger charge is -2.33. The van der Waals surface area contributed by atoms with Crippen LogP contribution in [0.2, 0.25) is 0 Å². The number of fused-ring (bicyclic) bond motifs is 1. The summed E-state index contributed by atoms with van der Waals surface area (Å²) in [5.41, 5.74) is 9.25. The van der Waals surface area contributed by atoms with Crippen molar-refractivity contribution >= 4 is 17.4 Å². The first-order valence-corrected chi connectivity index (χ1v) is 8.59. The van der Waals surface area contributed by atoms with Gasteiger partial charge in [0.15, 0.2) is 5.65 Å². The number of hydrogen-bond acceptors (Lipinski definition) is 4. The summed E-state index contributed by atoms with van der Waals surface area (Å²) in [6.07, 6.45) is 1.79. The summed E-state index contributed by atoms with van der Waals surface area (Å²) in [6, 6.07) is 14.1. The normalized spacial score (nSPS) is 17.8.